The Morgan fingerprint density at radius 1 is 0.917 bits per heavy atom. The second kappa shape index (κ2) is 6.16. The molecular weight excluding hydrogens is 339 g/mol. The van der Waals surface area contributed by atoms with Crippen LogP contribution < -0.4 is 4.90 Å². The van der Waals surface area contributed by atoms with Gasteiger partial charge in [0, 0.05) is 0 Å². The van der Waals surface area contributed by atoms with Crippen molar-refractivity contribution >= 4 is 34.7 Å². The zero-order valence-electron chi connectivity index (χ0n) is 12.1. The Hall–Kier alpha value is -2.54. The normalized spacial score (nSPS) is 17.0. The molecule has 0 N–H and O–H groups in total. The Bertz CT molecular complexity index is 831. The first kappa shape index (κ1) is 16.3. The molecule has 1 heterocycles. The van der Waals surface area contributed by atoms with E-state index in [1.807, 2.05) is 0 Å². The van der Waals surface area contributed by atoms with E-state index in [9.17, 15) is 22.8 Å². The molecule has 0 atom stereocenters. The molecule has 3 rings (SSSR count). The maximum absolute atomic E-state index is 13.0. The minimum absolute atomic E-state index is 0.0412. The highest BCUT2D eigenvalue weighted by molar-refractivity contribution is 8.19. The number of benzene rings is 2. The van der Waals surface area contributed by atoms with Crippen LogP contribution in [0, 0.1) is 0 Å². The van der Waals surface area contributed by atoms with Crippen molar-refractivity contribution in [2.75, 3.05) is 4.90 Å². The van der Waals surface area contributed by atoms with E-state index in [2.05, 4.69) is 0 Å². The second-order valence-corrected chi connectivity index (χ2v) is 5.93. The van der Waals surface area contributed by atoms with Gasteiger partial charge in [-0.1, -0.05) is 36.4 Å². The maximum Gasteiger partial charge on any atom is 0.416 e. The third kappa shape index (κ3) is 3.07. The van der Waals surface area contributed by atoms with Gasteiger partial charge in [-0.3, -0.25) is 9.59 Å². The second-order valence-electron chi connectivity index (χ2n) is 4.94. The van der Waals surface area contributed by atoms with Gasteiger partial charge in [-0.15, -0.1) is 0 Å². The smallest absolute Gasteiger partial charge is 0.268 e. The number of para-hydroxylation sites is 1. The summed E-state index contributed by atoms with van der Waals surface area (Å²) in [5, 5.41) is -0.540. The fraction of sp³-hybridized carbons (Fsp3) is 0.0588. The van der Waals surface area contributed by atoms with Crippen molar-refractivity contribution in [1.82, 2.24) is 0 Å². The van der Waals surface area contributed by atoms with E-state index in [4.69, 9.17) is 0 Å². The van der Waals surface area contributed by atoms with E-state index >= 15 is 0 Å². The number of amides is 2. The fourth-order valence-electron chi connectivity index (χ4n) is 2.29. The lowest BCUT2D eigenvalue weighted by Gasteiger charge is -2.12. The van der Waals surface area contributed by atoms with Crippen molar-refractivity contribution in [3.63, 3.8) is 0 Å². The molecule has 2 amide bonds. The molecule has 0 saturated carbocycles. The van der Waals surface area contributed by atoms with E-state index in [1.165, 1.54) is 18.2 Å². The molecule has 3 nitrogen and oxygen atoms in total. The Kier molecular flexibility index (Phi) is 4.19. The number of halogens is 3. The molecule has 24 heavy (non-hydrogen) atoms. The Morgan fingerprint density at radius 3 is 2.21 bits per heavy atom. The summed E-state index contributed by atoms with van der Waals surface area (Å²) in [6, 6.07) is 13.2. The van der Waals surface area contributed by atoms with Gasteiger partial charge < -0.3 is 0 Å². The number of thioether (sulfide) groups is 1. The third-order valence-corrected chi connectivity index (χ3v) is 4.23. The molecule has 1 fully saturated rings. The summed E-state index contributed by atoms with van der Waals surface area (Å²) >= 11 is 0.622. The average Bonchev–Trinajstić information content (AvgIpc) is 2.82. The maximum atomic E-state index is 13.0. The monoisotopic (exact) mass is 349 g/mol. The minimum Gasteiger partial charge on any atom is -0.268 e. The van der Waals surface area contributed by atoms with Crippen molar-refractivity contribution in [3.8, 4) is 0 Å². The van der Waals surface area contributed by atoms with E-state index in [0.717, 1.165) is 17.0 Å². The molecule has 2 aromatic carbocycles. The molecule has 2 aromatic rings. The summed E-state index contributed by atoms with van der Waals surface area (Å²) < 4.78 is 39.1. The quantitative estimate of drug-likeness (QED) is 0.720. The first-order chi connectivity index (χ1) is 11.4. The zero-order chi connectivity index (χ0) is 17.3. The molecule has 122 valence electrons. The van der Waals surface area contributed by atoms with Gasteiger partial charge in [0.05, 0.1) is 16.2 Å². The van der Waals surface area contributed by atoms with Crippen LogP contribution in [0.5, 0.6) is 0 Å². The molecule has 0 unspecified atom stereocenters. The lowest BCUT2D eigenvalue weighted by molar-refractivity contribution is -0.137. The van der Waals surface area contributed by atoms with Crippen LogP contribution in [0.2, 0.25) is 0 Å². The Morgan fingerprint density at radius 2 is 1.54 bits per heavy atom. The number of anilines is 1. The topological polar surface area (TPSA) is 37.4 Å². The van der Waals surface area contributed by atoms with Crippen molar-refractivity contribution < 1.29 is 22.8 Å². The van der Waals surface area contributed by atoms with Gasteiger partial charge in [0.2, 0.25) is 0 Å². The van der Waals surface area contributed by atoms with Crippen LogP contribution in [0.4, 0.5) is 23.7 Å². The molecule has 1 aliphatic rings. The standard InChI is InChI=1S/C17H10F3NO2S/c18-17(19,20)13-9-5-4-6-11(13)10-14-15(22)21(16(23)24-14)12-7-2-1-3-8-12/h1-10H/b14-10-. The lowest BCUT2D eigenvalue weighted by Crippen LogP contribution is -2.27. The summed E-state index contributed by atoms with van der Waals surface area (Å²) in [5.41, 5.74) is -0.618. The number of nitrogens with zero attached hydrogens (tertiary/aromatic N) is 1. The number of carbonyl (C=O) groups is 2. The van der Waals surface area contributed by atoms with Gasteiger partial charge >= 0.3 is 6.18 Å². The predicted octanol–water partition coefficient (Wildman–Crippen LogP) is 4.95. The van der Waals surface area contributed by atoms with Crippen LogP contribution in [0.1, 0.15) is 11.1 Å². The number of hydrogen-bond donors (Lipinski definition) is 0. The van der Waals surface area contributed by atoms with Crippen molar-refractivity contribution in [3.05, 3.63) is 70.6 Å². The van der Waals surface area contributed by atoms with Crippen LogP contribution in [0.15, 0.2) is 59.5 Å². The molecule has 1 aliphatic heterocycles. The van der Waals surface area contributed by atoms with E-state index in [0.29, 0.717) is 17.4 Å². The number of hydrogen-bond acceptors (Lipinski definition) is 3. The third-order valence-electron chi connectivity index (χ3n) is 3.36. The first-order valence-electron chi connectivity index (χ1n) is 6.87. The van der Waals surface area contributed by atoms with Crippen LogP contribution >= 0.6 is 11.8 Å². The lowest BCUT2D eigenvalue weighted by atomic mass is 10.1. The molecular formula is C17H10F3NO2S. The zero-order valence-corrected chi connectivity index (χ0v) is 12.9. The minimum atomic E-state index is -4.54. The number of alkyl halides is 3. The summed E-state index contributed by atoms with van der Waals surface area (Å²) in [6.07, 6.45) is -3.43. The van der Waals surface area contributed by atoms with E-state index < -0.39 is 22.9 Å². The Labute approximate surface area is 139 Å². The number of rotatable bonds is 2. The van der Waals surface area contributed by atoms with Crippen LogP contribution in [-0.4, -0.2) is 11.1 Å². The molecule has 0 aromatic heterocycles. The number of carbonyl (C=O) groups excluding carboxylic acids is 2. The van der Waals surface area contributed by atoms with Gasteiger partial charge in [-0.05, 0) is 41.6 Å². The van der Waals surface area contributed by atoms with Crippen molar-refractivity contribution in [2.45, 2.75) is 6.18 Å². The SMILES string of the molecule is O=C1S/C(=C\c2ccccc2C(F)(F)F)C(=O)N1c1ccccc1. The van der Waals surface area contributed by atoms with Gasteiger partial charge in [0.15, 0.2) is 0 Å². The Balaban J connectivity index is 1.99. The van der Waals surface area contributed by atoms with E-state index in [-0.39, 0.29) is 10.5 Å². The molecule has 0 bridgehead atoms. The number of imide groups is 1. The largest absolute Gasteiger partial charge is 0.416 e. The summed E-state index contributed by atoms with van der Waals surface area (Å²) in [4.78, 5) is 25.4. The molecule has 0 spiro atoms. The van der Waals surface area contributed by atoms with Crippen molar-refractivity contribution in [2.24, 2.45) is 0 Å². The highest BCUT2D eigenvalue weighted by atomic mass is 32.2. The van der Waals surface area contributed by atoms with Gasteiger partial charge in [-0.2, -0.15) is 13.2 Å². The highest BCUT2D eigenvalue weighted by Gasteiger charge is 2.37. The summed E-state index contributed by atoms with van der Waals surface area (Å²) in [6.45, 7) is 0. The van der Waals surface area contributed by atoms with Crippen LogP contribution in [-0.2, 0) is 11.0 Å². The molecule has 0 aliphatic carbocycles. The summed E-state index contributed by atoms with van der Waals surface area (Å²) in [7, 11) is 0. The predicted molar refractivity (Wildman–Crippen MR) is 86.3 cm³/mol. The molecule has 0 radical (unpaired) electrons. The average molecular weight is 349 g/mol. The fourth-order valence-corrected chi connectivity index (χ4v) is 3.12. The highest BCUT2D eigenvalue weighted by Crippen LogP contribution is 2.38. The van der Waals surface area contributed by atoms with Crippen LogP contribution in [0.3, 0.4) is 0 Å². The molecule has 7 heteroatoms. The summed E-state index contributed by atoms with van der Waals surface area (Å²) in [5.74, 6) is -0.631. The van der Waals surface area contributed by atoms with Gasteiger partial charge in [0.1, 0.15) is 0 Å². The van der Waals surface area contributed by atoms with Crippen molar-refractivity contribution in [1.29, 1.82) is 0 Å². The first-order valence-corrected chi connectivity index (χ1v) is 7.69. The van der Waals surface area contributed by atoms with E-state index in [1.54, 1.807) is 30.3 Å². The van der Waals surface area contributed by atoms with Crippen LogP contribution in [0.25, 0.3) is 6.08 Å². The van der Waals surface area contributed by atoms with Gasteiger partial charge in [0.25, 0.3) is 11.1 Å². The molecule has 1 saturated heterocycles. The van der Waals surface area contributed by atoms with Gasteiger partial charge in [-0.25, -0.2) is 4.90 Å².